The molecule has 0 unspecified atom stereocenters. The summed E-state index contributed by atoms with van der Waals surface area (Å²) in [6.45, 7) is 3.86. The fraction of sp³-hybridized carbons (Fsp3) is 0.467. The van der Waals surface area contributed by atoms with Crippen molar-refractivity contribution >= 4 is 46.0 Å². The number of hydrogen-bond donors (Lipinski definition) is 6. The molecular formula is C15H20F3N5O8S. The number of carboxylic acid groups (broad SMARTS) is 3. The van der Waals surface area contributed by atoms with Gasteiger partial charge in [-0.15, -0.1) is 11.3 Å². The summed E-state index contributed by atoms with van der Waals surface area (Å²) in [5.41, 5.74) is 8.92. The van der Waals surface area contributed by atoms with Crippen molar-refractivity contribution < 1.29 is 52.5 Å². The van der Waals surface area contributed by atoms with E-state index in [1.54, 1.807) is 0 Å². The number of carboxylic acids is 3. The lowest BCUT2D eigenvalue weighted by atomic mass is 10.1. The largest absolute Gasteiger partial charge is 0.490 e. The lowest BCUT2D eigenvalue weighted by Gasteiger charge is -2.19. The Morgan fingerprint density at radius 3 is 2.00 bits per heavy atom. The van der Waals surface area contributed by atoms with Crippen LogP contribution in [0.5, 0.6) is 0 Å². The van der Waals surface area contributed by atoms with Crippen molar-refractivity contribution in [3.05, 3.63) is 11.1 Å². The Morgan fingerprint density at radius 1 is 1.19 bits per heavy atom. The molecule has 0 spiro atoms. The number of alkyl halides is 3. The normalized spacial score (nSPS) is 13.8. The van der Waals surface area contributed by atoms with Crippen molar-refractivity contribution in [1.29, 1.82) is 0 Å². The van der Waals surface area contributed by atoms with E-state index in [4.69, 9.17) is 36.4 Å². The van der Waals surface area contributed by atoms with Gasteiger partial charge in [-0.1, -0.05) is 5.16 Å². The van der Waals surface area contributed by atoms with Crippen LogP contribution in [0.15, 0.2) is 10.5 Å². The molecule has 1 aromatic rings. The van der Waals surface area contributed by atoms with Gasteiger partial charge in [0, 0.05) is 11.4 Å². The fourth-order valence-corrected chi connectivity index (χ4v) is 1.98. The summed E-state index contributed by atoms with van der Waals surface area (Å²) >= 11 is 1.01. The number of aliphatic carboxylic acids is 3. The summed E-state index contributed by atoms with van der Waals surface area (Å²) in [6.07, 6.45) is -5.08. The summed E-state index contributed by atoms with van der Waals surface area (Å²) in [5, 5.41) is 32.5. The van der Waals surface area contributed by atoms with Crippen molar-refractivity contribution in [2.45, 2.75) is 44.6 Å². The van der Waals surface area contributed by atoms with E-state index in [0.29, 0.717) is 0 Å². The molecule has 1 heterocycles. The lowest BCUT2D eigenvalue weighted by Crippen LogP contribution is -2.53. The Balaban J connectivity index is 0.00000118. The van der Waals surface area contributed by atoms with E-state index in [1.165, 1.54) is 26.2 Å². The van der Waals surface area contributed by atoms with E-state index >= 15 is 0 Å². The lowest BCUT2D eigenvalue weighted by molar-refractivity contribution is -0.192. The molecule has 2 atom stereocenters. The molecule has 180 valence electrons. The second kappa shape index (κ2) is 11.2. The molecule has 1 aromatic heterocycles. The highest BCUT2D eigenvalue weighted by Gasteiger charge is 2.38. The van der Waals surface area contributed by atoms with Crippen LogP contribution < -0.4 is 16.8 Å². The van der Waals surface area contributed by atoms with Gasteiger partial charge in [0.15, 0.2) is 10.8 Å². The molecular weight excluding hydrogens is 467 g/mol. The van der Waals surface area contributed by atoms with Crippen molar-refractivity contribution in [3.63, 3.8) is 0 Å². The first-order chi connectivity index (χ1) is 14.4. The van der Waals surface area contributed by atoms with Crippen LogP contribution in [-0.2, 0) is 24.0 Å². The van der Waals surface area contributed by atoms with Gasteiger partial charge in [0.05, 0.1) is 0 Å². The second-order valence-corrected chi connectivity index (χ2v) is 7.26. The number of anilines is 1. The van der Waals surface area contributed by atoms with Crippen LogP contribution in [0.4, 0.5) is 18.3 Å². The average molecular weight is 487 g/mol. The smallest absolute Gasteiger partial charge is 0.480 e. The van der Waals surface area contributed by atoms with Crippen molar-refractivity contribution in [2.24, 2.45) is 10.9 Å². The van der Waals surface area contributed by atoms with E-state index in [-0.39, 0.29) is 10.8 Å². The summed E-state index contributed by atoms with van der Waals surface area (Å²) in [7, 11) is 0. The predicted octanol–water partition coefficient (Wildman–Crippen LogP) is -0.141. The Labute approximate surface area is 181 Å². The highest BCUT2D eigenvalue weighted by atomic mass is 32.1. The molecule has 0 aliphatic heterocycles. The maximum absolute atomic E-state index is 12.4. The van der Waals surface area contributed by atoms with Gasteiger partial charge in [0.1, 0.15) is 11.7 Å². The van der Waals surface area contributed by atoms with Crippen LogP contribution in [0.1, 0.15) is 26.5 Å². The van der Waals surface area contributed by atoms with E-state index in [2.05, 4.69) is 15.5 Å². The Hall–Kier alpha value is -3.47. The number of nitrogen functional groups attached to an aromatic ring is 1. The summed E-state index contributed by atoms with van der Waals surface area (Å²) < 4.78 is 31.7. The number of hydrogen-bond acceptors (Lipinski definition) is 10. The van der Waals surface area contributed by atoms with Gasteiger partial charge in [-0.3, -0.25) is 4.79 Å². The molecule has 8 N–H and O–H groups in total. The van der Waals surface area contributed by atoms with Gasteiger partial charge in [0.2, 0.25) is 5.60 Å². The number of thiazole rings is 1. The molecule has 13 nitrogen and oxygen atoms in total. The third-order valence-corrected chi connectivity index (χ3v) is 3.85. The maximum atomic E-state index is 12.4. The number of amides is 1. The van der Waals surface area contributed by atoms with Crippen molar-refractivity contribution in [1.82, 2.24) is 10.3 Å². The molecule has 0 aromatic carbocycles. The zero-order valence-electron chi connectivity index (χ0n) is 16.7. The number of halogens is 3. The Kier molecular flexibility index (Phi) is 10.0. The van der Waals surface area contributed by atoms with Crippen molar-refractivity contribution in [2.75, 3.05) is 5.73 Å². The monoisotopic (exact) mass is 487 g/mol. The molecule has 32 heavy (non-hydrogen) atoms. The number of aromatic nitrogens is 1. The fourth-order valence-electron chi connectivity index (χ4n) is 1.43. The van der Waals surface area contributed by atoms with Crippen LogP contribution in [0.3, 0.4) is 0 Å². The minimum Gasteiger partial charge on any atom is -0.480 e. The van der Waals surface area contributed by atoms with E-state index in [1.807, 2.05) is 0 Å². The number of nitrogens with zero attached hydrogens (tertiary/aromatic N) is 2. The number of oxime groups is 1. The topological polar surface area (TPSA) is 228 Å². The number of nitrogens with two attached hydrogens (primary N) is 2. The van der Waals surface area contributed by atoms with Crippen LogP contribution in [0, 0.1) is 0 Å². The minimum absolute atomic E-state index is 0.00926. The number of carbonyl (C=O) groups is 4. The van der Waals surface area contributed by atoms with Crippen LogP contribution in [0.2, 0.25) is 0 Å². The molecule has 17 heteroatoms. The van der Waals surface area contributed by atoms with Gasteiger partial charge in [-0.2, -0.15) is 13.2 Å². The van der Waals surface area contributed by atoms with Gasteiger partial charge in [0.25, 0.3) is 5.91 Å². The van der Waals surface area contributed by atoms with Crippen LogP contribution in [-0.4, -0.2) is 73.7 Å². The van der Waals surface area contributed by atoms with Crippen LogP contribution >= 0.6 is 11.3 Å². The zero-order chi connectivity index (χ0) is 25.4. The third-order valence-electron chi connectivity index (χ3n) is 3.18. The summed E-state index contributed by atoms with van der Waals surface area (Å²) in [5.74, 6) is -6.36. The van der Waals surface area contributed by atoms with Gasteiger partial charge in [-0.05, 0) is 20.8 Å². The molecule has 0 radical (unpaired) electrons. The highest BCUT2D eigenvalue weighted by molar-refractivity contribution is 7.13. The minimum atomic E-state index is -5.08. The highest BCUT2D eigenvalue weighted by Crippen LogP contribution is 2.15. The van der Waals surface area contributed by atoms with E-state index in [0.717, 1.165) is 11.3 Å². The summed E-state index contributed by atoms with van der Waals surface area (Å²) in [6, 6.07) is -2.28. The summed E-state index contributed by atoms with van der Waals surface area (Å²) in [4.78, 5) is 52.3. The predicted molar refractivity (Wildman–Crippen MR) is 103 cm³/mol. The standard InChI is InChI=1S/C13H19N5O6S.C2HF3O2/c1-5(14)7(10(20)21)17-9(19)8(6-4-25-12(15)16-6)18-24-13(2,3)11(22)23;3-2(4,5)1(6)7/h4-5,7H,14H2,1-3H3,(H2,15,16)(H,17,19)(H,20,21)(H,22,23);(H,6,7)/b18-8-;/t5-,7-;/m0./s1. The molecule has 0 bridgehead atoms. The molecule has 0 saturated carbocycles. The van der Waals surface area contributed by atoms with Gasteiger partial charge < -0.3 is 36.9 Å². The van der Waals surface area contributed by atoms with Gasteiger partial charge >= 0.3 is 24.1 Å². The number of carbonyl (C=O) groups excluding carboxylic acids is 1. The second-order valence-electron chi connectivity index (χ2n) is 6.37. The van der Waals surface area contributed by atoms with Crippen molar-refractivity contribution in [3.8, 4) is 0 Å². The first kappa shape index (κ1) is 28.5. The molecule has 1 amide bonds. The molecule has 0 aliphatic rings. The van der Waals surface area contributed by atoms with Gasteiger partial charge in [-0.25, -0.2) is 19.4 Å². The van der Waals surface area contributed by atoms with E-state index < -0.39 is 53.4 Å². The number of rotatable bonds is 8. The first-order valence-electron chi connectivity index (χ1n) is 8.20. The molecule has 0 fully saturated rings. The zero-order valence-corrected chi connectivity index (χ0v) is 17.5. The van der Waals surface area contributed by atoms with Crippen LogP contribution in [0.25, 0.3) is 0 Å². The third kappa shape index (κ3) is 9.13. The SMILES string of the molecule is C[C@H](N)[C@H](NC(=O)/C(=N\OC(C)(C)C(=O)O)c1csc(N)n1)C(=O)O.O=C(O)C(F)(F)F. The molecule has 0 saturated heterocycles. The Bertz CT molecular complexity index is 885. The number of nitrogens with one attached hydrogen (secondary N) is 1. The molecule has 0 aliphatic carbocycles. The Morgan fingerprint density at radius 2 is 1.69 bits per heavy atom. The van der Waals surface area contributed by atoms with E-state index in [9.17, 15) is 27.6 Å². The average Bonchev–Trinajstić information content (AvgIpc) is 3.04. The first-order valence-corrected chi connectivity index (χ1v) is 9.08. The quantitative estimate of drug-likeness (QED) is 0.209. The maximum Gasteiger partial charge on any atom is 0.490 e. The molecule has 1 rings (SSSR count).